The van der Waals surface area contributed by atoms with E-state index in [4.69, 9.17) is 4.42 Å². The minimum atomic E-state index is -0.979. The molecular formula is C28H34FN9O3. The third kappa shape index (κ3) is 6.57. The van der Waals surface area contributed by atoms with Gasteiger partial charge in [-0.2, -0.15) is 5.10 Å². The second-order valence-corrected chi connectivity index (χ2v) is 11.0. The first-order valence-electron chi connectivity index (χ1n) is 13.4. The summed E-state index contributed by atoms with van der Waals surface area (Å²) in [7, 11) is 1.83. The van der Waals surface area contributed by atoms with Gasteiger partial charge in [0.05, 0.1) is 35.1 Å². The van der Waals surface area contributed by atoms with Gasteiger partial charge in [-0.1, -0.05) is 12.1 Å². The summed E-state index contributed by atoms with van der Waals surface area (Å²) in [5.74, 6) is -0.216. The van der Waals surface area contributed by atoms with E-state index < -0.39 is 24.1 Å². The number of fused-ring (bicyclic) bond motifs is 1. The number of benzene rings is 1. The maximum atomic E-state index is 13.4. The summed E-state index contributed by atoms with van der Waals surface area (Å²) in [6, 6.07) is 7.50. The molecule has 4 aromatic rings. The van der Waals surface area contributed by atoms with Crippen LogP contribution in [-0.4, -0.2) is 71.7 Å². The number of hydrogen-bond donors (Lipinski definition) is 3. The van der Waals surface area contributed by atoms with E-state index in [-0.39, 0.29) is 17.8 Å². The standard InChI is InChI=1S/C28H34FN9O3/c1-17(39)13-38-10-8-23(33-24(40)25-35-36-26(41-25)28(2,3)16-29)21-6-5-18(11-19(21)14-38)22-7-9-30-27(34-22)32-20-12-31-37(4)15-20/h5-7,9,11-12,15,17,23,39H,8,10,13-14,16H2,1-4H3,(H,33,40)(H,30,32,34). The maximum absolute atomic E-state index is 13.4. The Kier molecular flexibility index (Phi) is 8.08. The molecule has 0 radical (unpaired) electrons. The summed E-state index contributed by atoms with van der Waals surface area (Å²) in [6.45, 7) is 6.05. The lowest BCUT2D eigenvalue weighted by Gasteiger charge is -2.22. The predicted octanol–water partition coefficient (Wildman–Crippen LogP) is 3.31. The number of carbonyl (C=O) groups is 1. The van der Waals surface area contributed by atoms with E-state index in [1.54, 1.807) is 37.8 Å². The second kappa shape index (κ2) is 11.7. The zero-order valence-corrected chi connectivity index (χ0v) is 23.5. The Morgan fingerprint density at radius 3 is 2.85 bits per heavy atom. The van der Waals surface area contributed by atoms with Gasteiger partial charge >= 0.3 is 11.8 Å². The van der Waals surface area contributed by atoms with Crippen molar-refractivity contribution in [2.75, 3.05) is 25.1 Å². The lowest BCUT2D eigenvalue weighted by molar-refractivity contribution is 0.0887. The summed E-state index contributed by atoms with van der Waals surface area (Å²) in [6.07, 6.45) is 5.32. The van der Waals surface area contributed by atoms with Crippen LogP contribution in [0.25, 0.3) is 11.3 Å². The number of aryl methyl sites for hydroxylation is 1. The van der Waals surface area contributed by atoms with E-state index in [1.165, 1.54) is 0 Å². The van der Waals surface area contributed by atoms with Gasteiger partial charge < -0.3 is 20.2 Å². The van der Waals surface area contributed by atoms with Crippen molar-refractivity contribution in [1.29, 1.82) is 0 Å². The smallest absolute Gasteiger partial charge is 0.309 e. The molecular weight excluding hydrogens is 529 g/mol. The number of aromatic nitrogens is 6. The number of aliphatic hydroxyl groups is 1. The molecule has 2 atom stereocenters. The molecule has 1 aliphatic rings. The normalized spacial score (nSPS) is 16.6. The molecule has 3 N–H and O–H groups in total. The van der Waals surface area contributed by atoms with Gasteiger partial charge in [-0.15, -0.1) is 10.2 Å². The molecule has 2 unspecified atom stereocenters. The molecule has 41 heavy (non-hydrogen) atoms. The number of halogens is 1. The zero-order chi connectivity index (χ0) is 29.1. The minimum Gasteiger partial charge on any atom is -0.416 e. The van der Waals surface area contributed by atoms with Gasteiger partial charge in [0.2, 0.25) is 11.8 Å². The van der Waals surface area contributed by atoms with Gasteiger partial charge in [0, 0.05) is 44.6 Å². The van der Waals surface area contributed by atoms with Crippen LogP contribution >= 0.6 is 0 Å². The lowest BCUT2D eigenvalue weighted by atomic mass is 9.96. The van der Waals surface area contributed by atoms with E-state index in [0.717, 1.165) is 28.1 Å². The van der Waals surface area contributed by atoms with Crippen LogP contribution < -0.4 is 10.6 Å². The van der Waals surface area contributed by atoms with Gasteiger partial charge in [-0.25, -0.2) is 14.4 Å². The molecule has 1 amide bonds. The largest absolute Gasteiger partial charge is 0.416 e. The molecule has 12 nitrogen and oxygen atoms in total. The molecule has 0 bridgehead atoms. The van der Waals surface area contributed by atoms with Crippen molar-refractivity contribution < 1.29 is 18.7 Å². The second-order valence-electron chi connectivity index (χ2n) is 11.0. The van der Waals surface area contributed by atoms with Crippen molar-refractivity contribution in [3.05, 3.63) is 65.8 Å². The number of amides is 1. The molecule has 0 saturated heterocycles. The number of anilines is 2. The number of nitrogens with zero attached hydrogens (tertiary/aromatic N) is 7. The molecule has 5 rings (SSSR count). The third-order valence-electron chi connectivity index (χ3n) is 6.92. The number of alkyl halides is 1. The molecule has 0 fully saturated rings. The summed E-state index contributed by atoms with van der Waals surface area (Å²) < 4.78 is 20.6. The zero-order valence-electron chi connectivity index (χ0n) is 23.5. The van der Waals surface area contributed by atoms with E-state index in [0.29, 0.717) is 32.0 Å². The Bertz CT molecular complexity index is 1520. The van der Waals surface area contributed by atoms with Gasteiger partial charge in [0.1, 0.15) is 6.67 Å². The first-order valence-corrected chi connectivity index (χ1v) is 13.4. The summed E-state index contributed by atoms with van der Waals surface area (Å²) >= 11 is 0. The highest BCUT2D eigenvalue weighted by atomic mass is 19.1. The predicted molar refractivity (Wildman–Crippen MR) is 149 cm³/mol. The highest BCUT2D eigenvalue weighted by molar-refractivity contribution is 5.89. The summed E-state index contributed by atoms with van der Waals surface area (Å²) in [5.41, 5.74) is 3.36. The maximum Gasteiger partial charge on any atom is 0.309 e. The van der Waals surface area contributed by atoms with E-state index >= 15 is 0 Å². The van der Waals surface area contributed by atoms with Crippen LogP contribution in [0.2, 0.25) is 0 Å². The molecule has 1 aliphatic heterocycles. The van der Waals surface area contributed by atoms with Crippen molar-refractivity contribution in [2.24, 2.45) is 7.05 Å². The Morgan fingerprint density at radius 2 is 2.12 bits per heavy atom. The minimum absolute atomic E-state index is 0.0707. The van der Waals surface area contributed by atoms with Gasteiger partial charge in [0.15, 0.2) is 0 Å². The molecule has 0 spiro atoms. The van der Waals surface area contributed by atoms with Crippen molar-refractivity contribution in [3.63, 3.8) is 0 Å². The number of rotatable bonds is 9. The Balaban J connectivity index is 1.41. The molecule has 216 valence electrons. The Hall–Kier alpha value is -4.23. The molecule has 0 aliphatic carbocycles. The number of carbonyl (C=O) groups excluding carboxylic acids is 1. The third-order valence-corrected chi connectivity index (χ3v) is 6.92. The van der Waals surface area contributed by atoms with Crippen molar-refractivity contribution in [1.82, 2.24) is 40.2 Å². The van der Waals surface area contributed by atoms with Crippen LogP contribution in [0.15, 0.2) is 47.3 Å². The van der Waals surface area contributed by atoms with Crippen molar-refractivity contribution >= 4 is 17.5 Å². The molecule has 3 aromatic heterocycles. The van der Waals surface area contributed by atoms with Crippen LogP contribution in [0.3, 0.4) is 0 Å². The fraction of sp³-hybridized carbons (Fsp3) is 0.429. The summed E-state index contributed by atoms with van der Waals surface area (Å²) in [4.78, 5) is 24.3. The quantitative estimate of drug-likeness (QED) is 0.277. The van der Waals surface area contributed by atoms with Crippen molar-refractivity contribution in [3.8, 4) is 11.3 Å². The van der Waals surface area contributed by atoms with E-state index in [1.807, 2.05) is 31.4 Å². The fourth-order valence-corrected chi connectivity index (χ4v) is 4.77. The molecule has 1 aromatic carbocycles. The van der Waals surface area contributed by atoms with Gasteiger partial charge in [0.25, 0.3) is 0 Å². The van der Waals surface area contributed by atoms with Crippen molar-refractivity contribution in [2.45, 2.75) is 51.3 Å². The van der Waals surface area contributed by atoms with Crippen LogP contribution in [0, 0.1) is 0 Å². The SMILES string of the molecule is CC(O)CN1CCC(NC(=O)c2nnc(C(C)(C)CF)o2)c2ccc(-c3ccnc(Nc4cnn(C)c4)n3)cc2C1. The number of aliphatic hydroxyl groups excluding tert-OH is 1. The average Bonchev–Trinajstić information content (AvgIpc) is 3.57. The van der Waals surface area contributed by atoms with Crippen LogP contribution in [0.1, 0.15) is 60.9 Å². The molecule has 0 saturated carbocycles. The number of β-amino-alcohol motifs (C(OH)–C–C–N with tert-alkyl or cyclic N) is 1. The highest BCUT2D eigenvalue weighted by Gasteiger charge is 2.31. The van der Waals surface area contributed by atoms with Crippen LogP contribution in [0.4, 0.5) is 16.0 Å². The van der Waals surface area contributed by atoms with Crippen LogP contribution in [0.5, 0.6) is 0 Å². The monoisotopic (exact) mass is 563 g/mol. The highest BCUT2D eigenvalue weighted by Crippen LogP contribution is 2.31. The lowest BCUT2D eigenvalue weighted by Crippen LogP contribution is -2.32. The topological polar surface area (TPSA) is 147 Å². The number of nitrogens with one attached hydrogen (secondary N) is 2. The van der Waals surface area contributed by atoms with Gasteiger partial charge in [-0.05, 0) is 50.5 Å². The number of hydrogen-bond acceptors (Lipinski definition) is 10. The Morgan fingerprint density at radius 1 is 1.29 bits per heavy atom. The first-order chi connectivity index (χ1) is 19.6. The van der Waals surface area contributed by atoms with Crippen LogP contribution in [-0.2, 0) is 19.0 Å². The first kappa shape index (κ1) is 28.3. The molecule has 13 heteroatoms. The van der Waals surface area contributed by atoms with E-state index in [9.17, 15) is 14.3 Å². The van der Waals surface area contributed by atoms with Gasteiger partial charge in [-0.3, -0.25) is 14.4 Å². The summed E-state index contributed by atoms with van der Waals surface area (Å²) in [5, 5.41) is 28.2. The fourth-order valence-electron chi connectivity index (χ4n) is 4.77. The molecule has 4 heterocycles. The van der Waals surface area contributed by atoms with E-state index in [2.05, 4.69) is 46.9 Å². The average molecular weight is 564 g/mol. The Labute approximate surface area is 237 Å².